The molecule has 0 saturated carbocycles. The van der Waals surface area contributed by atoms with Gasteiger partial charge in [0.2, 0.25) is 0 Å². The highest BCUT2D eigenvalue weighted by atomic mass is 19.4. The summed E-state index contributed by atoms with van der Waals surface area (Å²) in [6.45, 7) is 4.98. The normalized spacial score (nSPS) is 42.7. The first-order valence-electron chi connectivity index (χ1n) is 6.99. The van der Waals surface area contributed by atoms with Crippen molar-refractivity contribution in [2.75, 3.05) is 26.2 Å². The highest BCUT2D eigenvalue weighted by Gasteiger charge is 2.57. The lowest BCUT2D eigenvalue weighted by Gasteiger charge is -2.57. The molecule has 4 heterocycles. The van der Waals surface area contributed by atoms with Gasteiger partial charge in [-0.25, -0.2) is 0 Å². The number of hydrogen-bond donors (Lipinski definition) is 0. The van der Waals surface area contributed by atoms with E-state index in [2.05, 4.69) is 4.90 Å². The maximum absolute atomic E-state index is 13.0. The van der Waals surface area contributed by atoms with Crippen LogP contribution >= 0.6 is 0 Å². The lowest BCUT2D eigenvalue weighted by atomic mass is 9.71. The van der Waals surface area contributed by atoms with Gasteiger partial charge >= 0.3 is 6.18 Å². The van der Waals surface area contributed by atoms with Crippen LogP contribution in [0.3, 0.4) is 0 Å². The molecule has 1 spiro atoms. The standard InChI is InChI=1S/C13H21F3N2/c1-10(13(14,15)16)18-6-2-5-12(18)9-17-7-3-11(12)4-8-17/h10-11H,2-9H2,1H3. The van der Waals surface area contributed by atoms with Gasteiger partial charge in [0.15, 0.2) is 0 Å². The van der Waals surface area contributed by atoms with Gasteiger partial charge in [0.1, 0.15) is 6.04 Å². The number of alkyl halides is 3. The van der Waals surface area contributed by atoms with E-state index in [9.17, 15) is 13.2 Å². The van der Waals surface area contributed by atoms with Gasteiger partial charge in [-0.3, -0.25) is 4.90 Å². The van der Waals surface area contributed by atoms with Crippen LogP contribution in [0.2, 0.25) is 0 Å². The minimum absolute atomic E-state index is 0.175. The number of fused-ring (bicyclic) bond motifs is 2. The zero-order valence-corrected chi connectivity index (χ0v) is 10.8. The molecule has 4 fully saturated rings. The van der Waals surface area contributed by atoms with Gasteiger partial charge < -0.3 is 4.90 Å². The molecule has 0 aliphatic carbocycles. The molecule has 4 rings (SSSR count). The third-order valence-electron chi connectivity index (χ3n) is 5.37. The van der Waals surface area contributed by atoms with Gasteiger partial charge in [-0.1, -0.05) is 0 Å². The summed E-state index contributed by atoms with van der Waals surface area (Å²) in [5.41, 5.74) is -0.175. The van der Waals surface area contributed by atoms with E-state index in [0.29, 0.717) is 12.5 Å². The van der Waals surface area contributed by atoms with Crippen LogP contribution in [0, 0.1) is 5.92 Å². The molecule has 0 aromatic rings. The fourth-order valence-electron chi connectivity index (χ4n) is 4.43. The molecule has 2 nitrogen and oxygen atoms in total. The minimum atomic E-state index is -4.09. The van der Waals surface area contributed by atoms with Crippen LogP contribution in [0.15, 0.2) is 0 Å². The molecule has 104 valence electrons. The summed E-state index contributed by atoms with van der Waals surface area (Å²) < 4.78 is 39.1. The zero-order chi connectivity index (χ0) is 13.0. The molecule has 2 bridgehead atoms. The smallest absolute Gasteiger partial charge is 0.301 e. The Hall–Kier alpha value is -0.290. The van der Waals surface area contributed by atoms with E-state index >= 15 is 0 Å². The molecule has 4 aliphatic rings. The van der Waals surface area contributed by atoms with E-state index in [1.165, 1.54) is 6.92 Å². The van der Waals surface area contributed by atoms with Crippen LogP contribution in [-0.4, -0.2) is 53.7 Å². The summed E-state index contributed by atoms with van der Waals surface area (Å²) in [4.78, 5) is 4.14. The number of nitrogens with zero attached hydrogens (tertiary/aromatic N) is 2. The van der Waals surface area contributed by atoms with Crippen molar-refractivity contribution in [3.8, 4) is 0 Å². The van der Waals surface area contributed by atoms with Crippen LogP contribution in [0.5, 0.6) is 0 Å². The topological polar surface area (TPSA) is 6.48 Å². The molecule has 0 amide bonds. The van der Waals surface area contributed by atoms with Crippen LogP contribution in [-0.2, 0) is 0 Å². The Kier molecular flexibility index (Phi) is 2.90. The molecular weight excluding hydrogens is 241 g/mol. The SMILES string of the molecule is CC(N1CCCC12CN1CCC2CC1)C(F)(F)F. The highest BCUT2D eigenvalue weighted by Crippen LogP contribution is 2.48. The molecule has 2 unspecified atom stereocenters. The highest BCUT2D eigenvalue weighted by molar-refractivity contribution is 5.09. The van der Waals surface area contributed by atoms with Crippen molar-refractivity contribution in [2.24, 2.45) is 5.92 Å². The maximum Gasteiger partial charge on any atom is 0.403 e. The lowest BCUT2D eigenvalue weighted by molar-refractivity contribution is -0.202. The van der Waals surface area contributed by atoms with E-state index in [-0.39, 0.29) is 5.54 Å². The maximum atomic E-state index is 13.0. The predicted molar refractivity (Wildman–Crippen MR) is 63.4 cm³/mol. The van der Waals surface area contributed by atoms with Gasteiger partial charge in [0.05, 0.1) is 0 Å². The monoisotopic (exact) mass is 262 g/mol. The molecule has 0 aromatic heterocycles. The fraction of sp³-hybridized carbons (Fsp3) is 1.00. The Morgan fingerprint density at radius 3 is 2.33 bits per heavy atom. The molecule has 0 aromatic carbocycles. The van der Waals surface area contributed by atoms with Crippen LogP contribution < -0.4 is 0 Å². The Labute approximate surface area is 106 Å². The molecule has 4 saturated heterocycles. The average Bonchev–Trinajstić information content (AvgIpc) is 2.72. The van der Waals surface area contributed by atoms with Crippen molar-refractivity contribution in [1.82, 2.24) is 9.80 Å². The van der Waals surface area contributed by atoms with Gasteiger partial charge in [-0.05, 0) is 58.2 Å². The third-order valence-corrected chi connectivity index (χ3v) is 5.37. The van der Waals surface area contributed by atoms with E-state index in [1.54, 1.807) is 4.90 Å². The van der Waals surface area contributed by atoms with Gasteiger partial charge in [0, 0.05) is 12.1 Å². The van der Waals surface area contributed by atoms with Crippen LogP contribution in [0.1, 0.15) is 32.6 Å². The van der Waals surface area contributed by atoms with Crippen molar-refractivity contribution in [1.29, 1.82) is 0 Å². The predicted octanol–water partition coefficient (Wildman–Crippen LogP) is 2.50. The Balaban J connectivity index is 1.87. The summed E-state index contributed by atoms with van der Waals surface area (Å²) in [7, 11) is 0. The van der Waals surface area contributed by atoms with Crippen LogP contribution in [0.4, 0.5) is 13.2 Å². The van der Waals surface area contributed by atoms with Crippen molar-refractivity contribution >= 4 is 0 Å². The van der Waals surface area contributed by atoms with Gasteiger partial charge in [-0.15, -0.1) is 0 Å². The van der Waals surface area contributed by atoms with E-state index in [0.717, 1.165) is 45.3 Å². The Morgan fingerprint density at radius 2 is 1.83 bits per heavy atom. The molecule has 18 heavy (non-hydrogen) atoms. The Morgan fingerprint density at radius 1 is 1.17 bits per heavy atom. The number of halogens is 3. The minimum Gasteiger partial charge on any atom is -0.301 e. The van der Waals surface area contributed by atoms with Gasteiger partial charge in [0.25, 0.3) is 0 Å². The summed E-state index contributed by atoms with van der Waals surface area (Å²) in [5, 5.41) is 0. The summed E-state index contributed by atoms with van der Waals surface area (Å²) in [6, 6.07) is -1.29. The van der Waals surface area contributed by atoms with Crippen molar-refractivity contribution < 1.29 is 13.2 Å². The third kappa shape index (κ3) is 1.78. The van der Waals surface area contributed by atoms with Crippen molar-refractivity contribution in [3.63, 3.8) is 0 Å². The molecule has 0 N–H and O–H groups in total. The molecule has 5 heteroatoms. The molecule has 4 aliphatic heterocycles. The summed E-state index contributed by atoms with van der Waals surface area (Å²) >= 11 is 0. The van der Waals surface area contributed by atoms with E-state index in [4.69, 9.17) is 0 Å². The van der Waals surface area contributed by atoms with Gasteiger partial charge in [-0.2, -0.15) is 13.2 Å². The zero-order valence-electron chi connectivity index (χ0n) is 10.8. The second-order valence-corrected chi connectivity index (χ2v) is 6.17. The molecular formula is C13H21F3N2. The first-order chi connectivity index (χ1) is 8.43. The first-order valence-corrected chi connectivity index (χ1v) is 6.99. The fourth-order valence-corrected chi connectivity index (χ4v) is 4.43. The van der Waals surface area contributed by atoms with E-state index < -0.39 is 12.2 Å². The number of rotatable bonds is 1. The average molecular weight is 262 g/mol. The summed E-state index contributed by atoms with van der Waals surface area (Å²) in [6.07, 6.45) is -0.0507. The first kappa shape index (κ1) is 12.7. The lowest BCUT2D eigenvalue weighted by Crippen LogP contribution is -2.67. The number of piperidine rings is 3. The van der Waals surface area contributed by atoms with Crippen molar-refractivity contribution in [2.45, 2.75) is 50.4 Å². The van der Waals surface area contributed by atoms with E-state index in [1.807, 2.05) is 0 Å². The summed E-state index contributed by atoms with van der Waals surface area (Å²) in [5.74, 6) is 0.481. The Bertz CT molecular complexity index is 323. The molecule has 2 atom stereocenters. The number of hydrogen-bond acceptors (Lipinski definition) is 2. The second-order valence-electron chi connectivity index (χ2n) is 6.17. The van der Waals surface area contributed by atoms with Crippen LogP contribution in [0.25, 0.3) is 0 Å². The quantitative estimate of drug-likeness (QED) is 0.716. The number of likely N-dealkylation sites (tertiary alicyclic amines) is 1. The molecule has 0 radical (unpaired) electrons. The van der Waals surface area contributed by atoms with Crippen molar-refractivity contribution in [3.05, 3.63) is 0 Å². The largest absolute Gasteiger partial charge is 0.403 e. The second kappa shape index (κ2) is 4.10.